The first-order chi connectivity index (χ1) is 11.7. The summed E-state index contributed by atoms with van der Waals surface area (Å²) in [6, 6.07) is 16.4. The lowest BCUT2D eigenvalue weighted by molar-refractivity contribution is 0.833. The van der Waals surface area contributed by atoms with E-state index in [1.165, 1.54) is 3.57 Å². The van der Waals surface area contributed by atoms with E-state index >= 15 is 0 Å². The maximum atomic E-state index is 4.71. The minimum absolute atomic E-state index is 0.733. The Balaban J connectivity index is 2.10. The van der Waals surface area contributed by atoms with Crippen LogP contribution in [0.15, 0.2) is 68.5 Å². The van der Waals surface area contributed by atoms with Gasteiger partial charge in [0.1, 0.15) is 0 Å². The lowest BCUT2D eigenvalue weighted by atomic mass is 10.2. The summed E-state index contributed by atoms with van der Waals surface area (Å²) in [4.78, 5) is 5.46. The van der Waals surface area contributed by atoms with Crippen molar-refractivity contribution in [2.24, 2.45) is 10.1 Å². The normalized spacial score (nSPS) is 12.2. The molecule has 0 saturated carbocycles. The third-order valence-electron chi connectivity index (χ3n) is 3.32. The van der Waals surface area contributed by atoms with E-state index in [1.807, 2.05) is 42.1 Å². The van der Waals surface area contributed by atoms with Gasteiger partial charge in [0.15, 0.2) is 0 Å². The smallest absolute Gasteiger partial charge is 0.206 e. The fourth-order valence-electron chi connectivity index (χ4n) is 2.20. The molecule has 3 nitrogen and oxygen atoms in total. The van der Waals surface area contributed by atoms with Gasteiger partial charge in [0.05, 0.1) is 11.9 Å². The summed E-state index contributed by atoms with van der Waals surface area (Å²) in [6.07, 6.45) is 1.89. The summed E-state index contributed by atoms with van der Waals surface area (Å²) >= 11 is 7.47. The van der Waals surface area contributed by atoms with E-state index in [0.717, 1.165) is 32.6 Å². The fourth-order valence-corrected chi connectivity index (χ4v) is 4.03. The van der Waals surface area contributed by atoms with Gasteiger partial charge in [-0.05, 0) is 47.7 Å². The first kappa shape index (κ1) is 17.6. The summed E-state index contributed by atoms with van der Waals surface area (Å²) in [6.45, 7) is 2.77. The molecule has 24 heavy (non-hydrogen) atoms. The van der Waals surface area contributed by atoms with Crippen molar-refractivity contribution in [2.45, 2.75) is 6.92 Å². The molecule has 0 aliphatic carbocycles. The van der Waals surface area contributed by atoms with Crippen molar-refractivity contribution >= 4 is 56.1 Å². The quantitative estimate of drug-likeness (QED) is 0.332. The molecular weight excluding hydrogens is 497 g/mol. The van der Waals surface area contributed by atoms with Crippen LogP contribution in [0.2, 0.25) is 0 Å². The Kier molecular flexibility index (Phi) is 6.02. The molecule has 122 valence electrons. The van der Waals surface area contributed by atoms with Crippen molar-refractivity contribution in [2.75, 3.05) is 6.54 Å². The molecule has 6 heteroatoms. The number of benzene rings is 2. The van der Waals surface area contributed by atoms with Crippen LogP contribution in [0.1, 0.15) is 12.5 Å². The number of hydrogen-bond donors (Lipinski definition) is 0. The van der Waals surface area contributed by atoms with Crippen LogP contribution in [0.4, 0.5) is 0 Å². The van der Waals surface area contributed by atoms with Crippen LogP contribution in [-0.4, -0.2) is 17.4 Å². The highest BCUT2D eigenvalue weighted by molar-refractivity contribution is 14.1. The largest absolute Gasteiger partial charge is 0.258 e. The molecule has 0 radical (unpaired) electrons. The topological polar surface area (TPSA) is 29.6 Å². The zero-order valence-corrected chi connectivity index (χ0v) is 17.5. The molecule has 0 N–H and O–H groups in total. The van der Waals surface area contributed by atoms with E-state index in [0.29, 0.717) is 0 Å². The van der Waals surface area contributed by atoms with E-state index < -0.39 is 0 Å². The van der Waals surface area contributed by atoms with Gasteiger partial charge in [0.2, 0.25) is 4.80 Å². The minimum atomic E-state index is 0.733. The SMILES string of the molecule is CCN=c1scc(-c2cccc(Br)c2)n1/N=C/c1ccccc1I. The molecule has 3 aromatic rings. The average molecular weight is 512 g/mol. The second kappa shape index (κ2) is 8.22. The molecule has 0 bridgehead atoms. The van der Waals surface area contributed by atoms with Gasteiger partial charge in [-0.15, -0.1) is 11.3 Å². The van der Waals surface area contributed by atoms with Gasteiger partial charge in [-0.2, -0.15) is 5.10 Å². The first-order valence-corrected chi connectivity index (χ1v) is 10.2. The van der Waals surface area contributed by atoms with E-state index in [-0.39, 0.29) is 0 Å². The third kappa shape index (κ3) is 4.04. The molecule has 0 fully saturated rings. The Bertz CT molecular complexity index is 943. The molecule has 0 aliphatic rings. The summed E-state index contributed by atoms with van der Waals surface area (Å²) in [5, 5.41) is 6.81. The van der Waals surface area contributed by atoms with Crippen LogP contribution in [0.5, 0.6) is 0 Å². The number of hydrogen-bond acceptors (Lipinski definition) is 3. The van der Waals surface area contributed by atoms with Gasteiger partial charge in [-0.3, -0.25) is 4.99 Å². The standard InChI is InChI=1S/C18H15BrIN3S/c1-2-21-18-23(22-11-14-6-3-4-9-16(14)20)17(12-24-18)13-7-5-8-15(19)10-13/h3-12H,2H2,1H3/b21-18?,22-11+. The Morgan fingerprint density at radius 2 is 2.04 bits per heavy atom. The number of rotatable bonds is 4. The Hall–Kier alpha value is -1.25. The molecule has 1 aromatic heterocycles. The highest BCUT2D eigenvalue weighted by Gasteiger charge is 2.07. The van der Waals surface area contributed by atoms with Crippen LogP contribution in [0.25, 0.3) is 11.3 Å². The molecule has 0 spiro atoms. The molecule has 0 saturated heterocycles. The van der Waals surface area contributed by atoms with Crippen molar-refractivity contribution in [3.05, 3.63) is 72.3 Å². The van der Waals surface area contributed by atoms with E-state index in [1.54, 1.807) is 11.3 Å². The van der Waals surface area contributed by atoms with Gasteiger partial charge in [0.25, 0.3) is 0 Å². The van der Waals surface area contributed by atoms with E-state index in [4.69, 9.17) is 5.10 Å². The Labute approximate surface area is 167 Å². The number of aromatic nitrogens is 1. The molecule has 0 unspecified atom stereocenters. The Morgan fingerprint density at radius 3 is 2.79 bits per heavy atom. The summed E-state index contributed by atoms with van der Waals surface area (Å²) in [5.41, 5.74) is 3.24. The van der Waals surface area contributed by atoms with Crippen LogP contribution in [0.3, 0.4) is 0 Å². The lowest BCUT2D eigenvalue weighted by Gasteiger charge is -2.04. The minimum Gasteiger partial charge on any atom is -0.258 e. The van der Waals surface area contributed by atoms with Crippen LogP contribution < -0.4 is 4.80 Å². The highest BCUT2D eigenvalue weighted by Crippen LogP contribution is 2.23. The average Bonchev–Trinajstić information content (AvgIpc) is 2.97. The Morgan fingerprint density at radius 1 is 1.21 bits per heavy atom. The fraction of sp³-hybridized carbons (Fsp3) is 0.111. The van der Waals surface area contributed by atoms with Gasteiger partial charge in [-0.1, -0.05) is 46.3 Å². The summed E-state index contributed by atoms with van der Waals surface area (Å²) < 4.78 is 4.14. The lowest BCUT2D eigenvalue weighted by Crippen LogP contribution is -2.12. The maximum absolute atomic E-state index is 4.71. The second-order valence-electron chi connectivity index (χ2n) is 4.97. The zero-order valence-electron chi connectivity index (χ0n) is 13.0. The van der Waals surface area contributed by atoms with Gasteiger partial charge in [-0.25, -0.2) is 4.68 Å². The monoisotopic (exact) mass is 511 g/mol. The van der Waals surface area contributed by atoms with Crippen molar-refractivity contribution < 1.29 is 0 Å². The maximum Gasteiger partial charge on any atom is 0.206 e. The van der Waals surface area contributed by atoms with Crippen LogP contribution in [0, 0.1) is 3.57 Å². The predicted molar refractivity (Wildman–Crippen MR) is 114 cm³/mol. The molecule has 3 rings (SSSR count). The molecule has 0 atom stereocenters. The number of nitrogens with zero attached hydrogens (tertiary/aromatic N) is 3. The van der Waals surface area contributed by atoms with E-state index in [2.05, 4.69) is 73.2 Å². The van der Waals surface area contributed by atoms with Crippen molar-refractivity contribution in [1.29, 1.82) is 0 Å². The van der Waals surface area contributed by atoms with Gasteiger partial charge in [0, 0.05) is 31.1 Å². The third-order valence-corrected chi connectivity index (χ3v) is 5.65. The predicted octanol–water partition coefficient (Wildman–Crippen LogP) is 5.39. The molecule has 0 amide bonds. The van der Waals surface area contributed by atoms with Gasteiger partial charge < -0.3 is 0 Å². The van der Waals surface area contributed by atoms with Crippen molar-refractivity contribution in [3.8, 4) is 11.3 Å². The molecule has 0 aliphatic heterocycles. The van der Waals surface area contributed by atoms with Crippen LogP contribution >= 0.6 is 49.9 Å². The number of thiazole rings is 1. The van der Waals surface area contributed by atoms with Gasteiger partial charge >= 0.3 is 0 Å². The summed E-state index contributed by atoms with van der Waals surface area (Å²) in [5.74, 6) is 0. The summed E-state index contributed by atoms with van der Waals surface area (Å²) in [7, 11) is 0. The van der Waals surface area contributed by atoms with E-state index in [9.17, 15) is 0 Å². The number of halogens is 2. The molecule has 2 aromatic carbocycles. The van der Waals surface area contributed by atoms with Crippen LogP contribution in [-0.2, 0) is 0 Å². The molecule has 1 heterocycles. The van der Waals surface area contributed by atoms with Crippen molar-refractivity contribution in [3.63, 3.8) is 0 Å². The zero-order chi connectivity index (χ0) is 16.9. The second-order valence-corrected chi connectivity index (χ2v) is 7.88. The first-order valence-electron chi connectivity index (χ1n) is 7.45. The highest BCUT2D eigenvalue weighted by atomic mass is 127. The molecular formula is C18H15BrIN3S. The van der Waals surface area contributed by atoms with Crippen molar-refractivity contribution in [1.82, 2.24) is 4.68 Å².